The lowest BCUT2D eigenvalue weighted by Crippen LogP contribution is -2.34. The second-order valence-electron chi connectivity index (χ2n) is 4.94. The summed E-state index contributed by atoms with van der Waals surface area (Å²) in [5.74, 6) is 0.740. The van der Waals surface area contributed by atoms with Crippen LogP contribution in [0.15, 0.2) is 23.2 Å². The van der Waals surface area contributed by atoms with Crippen LogP contribution in [-0.2, 0) is 14.8 Å². The third-order valence-electron chi connectivity index (χ3n) is 3.55. The summed E-state index contributed by atoms with van der Waals surface area (Å²) in [6.07, 6.45) is 3.39. The third kappa shape index (κ3) is 3.28. The lowest BCUT2D eigenvalue weighted by molar-refractivity contribution is 0.0620. The molecule has 20 heavy (non-hydrogen) atoms. The zero-order valence-corrected chi connectivity index (χ0v) is 12.7. The van der Waals surface area contributed by atoms with E-state index in [1.807, 2.05) is 0 Å². The van der Waals surface area contributed by atoms with E-state index in [2.05, 4.69) is 10.3 Å². The highest BCUT2D eigenvalue weighted by Crippen LogP contribution is 2.23. The Labute approximate surface area is 120 Å². The van der Waals surface area contributed by atoms with E-state index in [4.69, 9.17) is 4.74 Å². The van der Waals surface area contributed by atoms with E-state index in [9.17, 15) is 8.42 Å². The lowest BCUT2D eigenvalue weighted by Gasteiger charge is -2.27. The van der Waals surface area contributed by atoms with Crippen molar-refractivity contribution >= 4 is 15.8 Å². The minimum Gasteiger partial charge on any atom is -0.381 e. The van der Waals surface area contributed by atoms with E-state index in [1.165, 1.54) is 4.31 Å². The molecular formula is C13H21N3O3S. The molecule has 112 valence electrons. The number of sulfonamides is 1. The Balaban J connectivity index is 2.16. The second kappa shape index (κ2) is 6.51. The van der Waals surface area contributed by atoms with Crippen LogP contribution in [0.4, 0.5) is 5.82 Å². The van der Waals surface area contributed by atoms with Crippen LogP contribution in [0.25, 0.3) is 0 Å². The normalized spacial score (nSPS) is 17.4. The maximum atomic E-state index is 12.6. The number of hydrogen-bond donors (Lipinski definition) is 1. The largest absolute Gasteiger partial charge is 0.381 e. The monoisotopic (exact) mass is 299 g/mol. The van der Waals surface area contributed by atoms with E-state index in [0.717, 1.165) is 12.8 Å². The summed E-state index contributed by atoms with van der Waals surface area (Å²) in [5.41, 5.74) is 0. The summed E-state index contributed by atoms with van der Waals surface area (Å²) in [4.78, 5) is 4.28. The SMILES string of the molecule is CNc1ncccc1S(=O)(=O)N(C)CC1CCOCC1. The van der Waals surface area contributed by atoms with E-state index >= 15 is 0 Å². The highest BCUT2D eigenvalue weighted by Gasteiger charge is 2.27. The minimum absolute atomic E-state index is 0.219. The highest BCUT2D eigenvalue weighted by molar-refractivity contribution is 7.89. The average Bonchev–Trinajstić information content (AvgIpc) is 2.48. The molecule has 0 aliphatic carbocycles. The molecule has 0 amide bonds. The zero-order valence-electron chi connectivity index (χ0n) is 11.9. The summed E-state index contributed by atoms with van der Waals surface area (Å²) in [6, 6.07) is 3.21. The van der Waals surface area contributed by atoms with Gasteiger partial charge in [-0.15, -0.1) is 0 Å². The first-order valence-corrected chi connectivity index (χ1v) is 8.16. The van der Waals surface area contributed by atoms with Crippen LogP contribution < -0.4 is 5.32 Å². The van der Waals surface area contributed by atoms with Crippen LogP contribution in [-0.4, -0.2) is 51.6 Å². The predicted molar refractivity (Wildman–Crippen MR) is 77.1 cm³/mol. The Morgan fingerprint density at radius 3 is 2.80 bits per heavy atom. The van der Waals surface area contributed by atoms with E-state index < -0.39 is 10.0 Å². The predicted octanol–water partition coefficient (Wildman–Crippen LogP) is 1.17. The van der Waals surface area contributed by atoms with E-state index in [0.29, 0.717) is 31.5 Å². The molecule has 0 spiro atoms. The number of pyridine rings is 1. The molecule has 1 fully saturated rings. The Kier molecular flexibility index (Phi) is 4.95. The number of ether oxygens (including phenoxy) is 1. The summed E-state index contributed by atoms with van der Waals surface area (Å²) in [7, 11) is -0.225. The van der Waals surface area contributed by atoms with Gasteiger partial charge in [-0.1, -0.05) is 0 Å². The molecule has 0 radical (unpaired) electrons. The van der Waals surface area contributed by atoms with Crippen molar-refractivity contribution < 1.29 is 13.2 Å². The number of rotatable bonds is 5. The fourth-order valence-corrected chi connectivity index (χ4v) is 3.74. The summed E-state index contributed by atoms with van der Waals surface area (Å²) in [5, 5.41) is 2.82. The van der Waals surface area contributed by atoms with E-state index in [1.54, 1.807) is 32.4 Å². The Morgan fingerprint density at radius 2 is 2.15 bits per heavy atom. The molecule has 0 aromatic carbocycles. The molecule has 0 bridgehead atoms. The molecule has 1 aromatic rings. The van der Waals surface area contributed by atoms with Gasteiger partial charge in [0, 0.05) is 40.1 Å². The van der Waals surface area contributed by atoms with Crippen LogP contribution in [0.2, 0.25) is 0 Å². The van der Waals surface area contributed by atoms with Crippen molar-refractivity contribution in [3.8, 4) is 0 Å². The van der Waals surface area contributed by atoms with Gasteiger partial charge in [-0.25, -0.2) is 17.7 Å². The maximum absolute atomic E-state index is 12.6. The molecule has 0 unspecified atom stereocenters. The molecule has 0 saturated carbocycles. The number of aromatic nitrogens is 1. The molecular weight excluding hydrogens is 278 g/mol. The summed E-state index contributed by atoms with van der Waals surface area (Å²) in [6.45, 7) is 1.95. The number of hydrogen-bond acceptors (Lipinski definition) is 5. The van der Waals surface area contributed by atoms with Crippen molar-refractivity contribution in [3.63, 3.8) is 0 Å². The van der Waals surface area contributed by atoms with Crippen molar-refractivity contribution in [3.05, 3.63) is 18.3 Å². The lowest BCUT2D eigenvalue weighted by atomic mass is 10.0. The first-order chi connectivity index (χ1) is 9.55. The van der Waals surface area contributed by atoms with Crippen molar-refractivity contribution in [1.29, 1.82) is 0 Å². The van der Waals surface area contributed by atoms with E-state index in [-0.39, 0.29) is 4.90 Å². The van der Waals surface area contributed by atoms with Crippen molar-refractivity contribution in [2.45, 2.75) is 17.7 Å². The van der Waals surface area contributed by atoms with Crippen LogP contribution in [0.3, 0.4) is 0 Å². The summed E-state index contributed by atoms with van der Waals surface area (Å²) < 4.78 is 31.9. The first kappa shape index (κ1) is 15.2. The smallest absolute Gasteiger partial charge is 0.246 e. The second-order valence-corrected chi connectivity index (χ2v) is 6.95. The van der Waals surface area contributed by atoms with Crippen LogP contribution in [0.1, 0.15) is 12.8 Å². The van der Waals surface area contributed by atoms with Gasteiger partial charge < -0.3 is 10.1 Å². The number of nitrogens with zero attached hydrogens (tertiary/aromatic N) is 2. The van der Waals surface area contributed by atoms with Gasteiger partial charge >= 0.3 is 0 Å². The van der Waals surface area contributed by atoms with Crippen molar-refractivity contribution in [2.75, 3.05) is 39.2 Å². The first-order valence-electron chi connectivity index (χ1n) is 6.72. The molecule has 2 heterocycles. The van der Waals surface area contributed by atoms with Gasteiger partial charge in [0.1, 0.15) is 10.7 Å². The fourth-order valence-electron chi connectivity index (χ4n) is 2.35. The van der Waals surface area contributed by atoms with Gasteiger partial charge in [0.05, 0.1) is 0 Å². The molecule has 6 nitrogen and oxygen atoms in total. The Hall–Kier alpha value is -1.18. The highest BCUT2D eigenvalue weighted by atomic mass is 32.2. The zero-order chi connectivity index (χ0) is 14.6. The van der Waals surface area contributed by atoms with Gasteiger partial charge in [0.25, 0.3) is 0 Å². The minimum atomic E-state index is -3.51. The third-order valence-corrected chi connectivity index (χ3v) is 5.41. The standard InChI is InChI=1S/C13H21N3O3S/c1-14-13-12(4-3-7-15-13)20(17,18)16(2)10-11-5-8-19-9-6-11/h3-4,7,11H,5-6,8-10H2,1-2H3,(H,14,15). The molecule has 1 aliphatic heterocycles. The summed E-state index contributed by atoms with van der Waals surface area (Å²) >= 11 is 0. The topological polar surface area (TPSA) is 71.5 Å². The van der Waals surface area contributed by atoms with Crippen molar-refractivity contribution in [2.24, 2.45) is 5.92 Å². The van der Waals surface area contributed by atoms with Crippen LogP contribution in [0.5, 0.6) is 0 Å². The Morgan fingerprint density at radius 1 is 1.45 bits per heavy atom. The number of nitrogens with one attached hydrogen (secondary N) is 1. The average molecular weight is 299 g/mol. The maximum Gasteiger partial charge on any atom is 0.246 e. The molecule has 1 aromatic heterocycles. The van der Waals surface area contributed by atoms with Crippen molar-refractivity contribution in [1.82, 2.24) is 9.29 Å². The molecule has 2 rings (SSSR count). The van der Waals surface area contributed by atoms with Gasteiger partial charge in [0.2, 0.25) is 10.0 Å². The number of anilines is 1. The Bertz CT molecular complexity index is 542. The molecule has 7 heteroatoms. The van der Waals surface area contributed by atoms with Gasteiger partial charge in [-0.3, -0.25) is 0 Å². The molecule has 1 aliphatic rings. The van der Waals surface area contributed by atoms with Gasteiger partial charge in [0.15, 0.2) is 0 Å². The van der Waals surface area contributed by atoms with Crippen LogP contribution in [0, 0.1) is 5.92 Å². The molecule has 1 saturated heterocycles. The van der Waals surface area contributed by atoms with Gasteiger partial charge in [-0.05, 0) is 30.9 Å². The quantitative estimate of drug-likeness (QED) is 0.883. The fraction of sp³-hybridized carbons (Fsp3) is 0.615. The molecule has 0 atom stereocenters. The molecule has 1 N–H and O–H groups in total. The van der Waals surface area contributed by atoms with Gasteiger partial charge in [-0.2, -0.15) is 0 Å². The van der Waals surface area contributed by atoms with Crippen LogP contribution >= 0.6 is 0 Å².